The Hall–Kier alpha value is -1.54. The fourth-order valence-corrected chi connectivity index (χ4v) is 7.65. The van der Waals surface area contributed by atoms with Crippen molar-refractivity contribution in [3.05, 3.63) is 28.2 Å². The van der Waals surface area contributed by atoms with Crippen LogP contribution in [0.1, 0.15) is 70.6 Å². The molecular weight excluding hydrogens is 525 g/mol. The second-order valence-corrected chi connectivity index (χ2v) is 12.6. The third-order valence-electron chi connectivity index (χ3n) is 9.51. The lowest BCUT2D eigenvalue weighted by molar-refractivity contribution is -0.129. The van der Waals surface area contributed by atoms with E-state index in [1.807, 2.05) is 0 Å². The van der Waals surface area contributed by atoms with Crippen LogP contribution in [-0.4, -0.2) is 54.3 Å². The SMILES string of the molecule is O=C(COc1ccc(Cl)c(Cl)c1)N[C@H]1CC(NC(=O)C2CCC(CO)NC2C2CCCCCC2)C2CCC21. The van der Waals surface area contributed by atoms with Crippen molar-refractivity contribution >= 4 is 35.0 Å². The highest BCUT2D eigenvalue weighted by Gasteiger charge is 2.50. The van der Waals surface area contributed by atoms with Gasteiger partial charge < -0.3 is 25.8 Å². The van der Waals surface area contributed by atoms with Gasteiger partial charge in [-0.3, -0.25) is 9.59 Å². The van der Waals surface area contributed by atoms with E-state index in [9.17, 15) is 14.7 Å². The van der Waals surface area contributed by atoms with Gasteiger partial charge in [-0.15, -0.1) is 0 Å². The van der Waals surface area contributed by atoms with Gasteiger partial charge in [0.05, 0.1) is 22.6 Å². The molecular formula is C29H41Cl2N3O4. The average Bonchev–Trinajstić information content (AvgIpc) is 3.06. The van der Waals surface area contributed by atoms with Crippen LogP contribution in [0.25, 0.3) is 0 Å². The van der Waals surface area contributed by atoms with Gasteiger partial charge in [-0.2, -0.15) is 0 Å². The zero-order chi connectivity index (χ0) is 26.6. The number of rotatable bonds is 8. The molecule has 4 fully saturated rings. The van der Waals surface area contributed by atoms with Gasteiger partial charge in [0.2, 0.25) is 5.91 Å². The summed E-state index contributed by atoms with van der Waals surface area (Å²) in [5.74, 6) is 1.72. The number of nitrogens with one attached hydrogen (secondary N) is 3. The number of hydrogen-bond acceptors (Lipinski definition) is 5. The van der Waals surface area contributed by atoms with Gasteiger partial charge in [-0.1, -0.05) is 48.9 Å². The van der Waals surface area contributed by atoms with Crippen LogP contribution in [-0.2, 0) is 9.59 Å². The molecule has 5 rings (SSSR count). The van der Waals surface area contributed by atoms with Crippen molar-refractivity contribution in [1.82, 2.24) is 16.0 Å². The summed E-state index contributed by atoms with van der Waals surface area (Å²) < 4.78 is 5.61. The number of benzene rings is 1. The summed E-state index contributed by atoms with van der Waals surface area (Å²) in [4.78, 5) is 26.3. The normalized spacial score (nSPS) is 33.5. The van der Waals surface area contributed by atoms with E-state index in [2.05, 4.69) is 16.0 Å². The molecule has 1 heterocycles. The highest BCUT2D eigenvalue weighted by atomic mass is 35.5. The summed E-state index contributed by atoms with van der Waals surface area (Å²) in [7, 11) is 0. The van der Waals surface area contributed by atoms with E-state index >= 15 is 0 Å². The minimum atomic E-state index is -0.168. The first-order chi connectivity index (χ1) is 18.4. The number of halogens is 2. The molecule has 6 unspecified atom stereocenters. The maximum Gasteiger partial charge on any atom is 0.258 e. The van der Waals surface area contributed by atoms with E-state index < -0.39 is 0 Å². The van der Waals surface area contributed by atoms with E-state index in [0.717, 1.165) is 44.9 Å². The number of aliphatic hydroxyl groups excluding tert-OH is 1. The first kappa shape index (κ1) is 28.0. The Labute approximate surface area is 235 Å². The molecule has 3 saturated carbocycles. The Kier molecular flexibility index (Phi) is 9.40. The molecule has 0 radical (unpaired) electrons. The maximum absolute atomic E-state index is 13.7. The van der Waals surface area contributed by atoms with E-state index in [0.29, 0.717) is 33.5 Å². The first-order valence-electron chi connectivity index (χ1n) is 14.5. The van der Waals surface area contributed by atoms with Crippen LogP contribution < -0.4 is 20.7 Å². The van der Waals surface area contributed by atoms with Gasteiger partial charge in [0, 0.05) is 30.2 Å². The molecule has 4 aliphatic rings. The molecule has 7 atom stereocenters. The number of hydrogen-bond donors (Lipinski definition) is 4. The van der Waals surface area contributed by atoms with Crippen molar-refractivity contribution in [1.29, 1.82) is 0 Å². The van der Waals surface area contributed by atoms with Crippen molar-refractivity contribution in [2.75, 3.05) is 13.2 Å². The lowest BCUT2D eigenvalue weighted by Gasteiger charge is -2.42. The van der Waals surface area contributed by atoms with Crippen LogP contribution >= 0.6 is 23.2 Å². The predicted molar refractivity (Wildman–Crippen MR) is 148 cm³/mol. The van der Waals surface area contributed by atoms with Crippen LogP contribution in [0.3, 0.4) is 0 Å². The molecule has 0 bridgehead atoms. The number of piperidine rings is 1. The Morgan fingerprint density at radius 1 is 0.921 bits per heavy atom. The summed E-state index contributed by atoms with van der Waals surface area (Å²) in [6.07, 6.45) is 11.9. The number of amides is 2. The zero-order valence-electron chi connectivity index (χ0n) is 22.0. The summed E-state index contributed by atoms with van der Waals surface area (Å²) in [5.41, 5.74) is 0. The predicted octanol–water partition coefficient (Wildman–Crippen LogP) is 4.47. The first-order valence-corrected chi connectivity index (χ1v) is 15.2. The standard InChI is InChI=1S/C29H41Cl2N3O4/c30-23-12-8-19(13-24(23)31)38-16-27(36)33-25-14-26(21-11-10-20(21)25)34-29(37)22-9-7-18(15-35)32-28(22)17-5-3-1-2-4-6-17/h8,12-13,17-18,20-22,25-26,28,32,35H,1-7,9-11,14-16H2,(H,33,36)(H,34,37)/t18?,20?,21?,22?,25-,26?,28?/m0/s1. The topological polar surface area (TPSA) is 99.7 Å². The van der Waals surface area contributed by atoms with Crippen molar-refractivity contribution < 1.29 is 19.4 Å². The van der Waals surface area contributed by atoms with Crippen LogP contribution in [0.5, 0.6) is 5.75 Å². The Balaban J connectivity index is 1.16. The van der Waals surface area contributed by atoms with Gasteiger partial charge >= 0.3 is 0 Å². The molecule has 1 aromatic carbocycles. The maximum atomic E-state index is 13.7. The largest absolute Gasteiger partial charge is 0.484 e. The summed E-state index contributed by atoms with van der Waals surface area (Å²) in [6.45, 7) is 0.0335. The summed E-state index contributed by atoms with van der Waals surface area (Å²) in [5, 5.41) is 20.9. The van der Waals surface area contributed by atoms with E-state index in [1.54, 1.807) is 18.2 Å². The Morgan fingerprint density at radius 2 is 1.63 bits per heavy atom. The van der Waals surface area contributed by atoms with Gasteiger partial charge in [-0.25, -0.2) is 0 Å². The van der Waals surface area contributed by atoms with E-state index in [-0.39, 0.29) is 55.1 Å². The Morgan fingerprint density at radius 3 is 2.29 bits per heavy atom. The van der Waals surface area contributed by atoms with E-state index in [1.165, 1.54) is 25.7 Å². The molecule has 9 heteroatoms. The smallest absolute Gasteiger partial charge is 0.258 e. The molecule has 38 heavy (non-hydrogen) atoms. The van der Waals surface area contributed by atoms with Gasteiger partial charge in [-0.05, 0) is 74.8 Å². The van der Waals surface area contributed by atoms with E-state index in [4.69, 9.17) is 27.9 Å². The summed E-state index contributed by atoms with van der Waals surface area (Å²) in [6, 6.07) is 5.29. The number of aliphatic hydroxyl groups is 1. The quantitative estimate of drug-likeness (QED) is 0.348. The van der Waals surface area contributed by atoms with Crippen molar-refractivity contribution in [2.24, 2.45) is 23.7 Å². The molecule has 1 aliphatic heterocycles. The van der Waals surface area contributed by atoms with Crippen molar-refractivity contribution in [3.63, 3.8) is 0 Å². The fourth-order valence-electron chi connectivity index (χ4n) is 7.36. The second kappa shape index (κ2) is 12.8. The second-order valence-electron chi connectivity index (χ2n) is 11.8. The number of ether oxygens (including phenoxy) is 1. The zero-order valence-corrected chi connectivity index (χ0v) is 23.5. The molecule has 4 N–H and O–H groups in total. The summed E-state index contributed by atoms with van der Waals surface area (Å²) >= 11 is 12.0. The van der Waals surface area contributed by atoms with Crippen molar-refractivity contribution in [2.45, 2.75) is 94.8 Å². The molecule has 0 aromatic heterocycles. The van der Waals surface area contributed by atoms with Crippen LogP contribution in [0.2, 0.25) is 10.0 Å². The van der Waals surface area contributed by atoms with Gasteiger partial charge in [0.1, 0.15) is 5.75 Å². The average molecular weight is 567 g/mol. The highest BCUT2D eigenvalue weighted by molar-refractivity contribution is 6.42. The molecule has 2 amide bonds. The molecule has 3 aliphatic carbocycles. The molecule has 7 nitrogen and oxygen atoms in total. The molecule has 1 saturated heterocycles. The lowest BCUT2D eigenvalue weighted by Crippen LogP contribution is -2.57. The van der Waals surface area contributed by atoms with Crippen LogP contribution in [0.15, 0.2) is 18.2 Å². The molecule has 0 spiro atoms. The lowest BCUT2D eigenvalue weighted by atomic mass is 9.73. The fraction of sp³-hybridized carbons (Fsp3) is 0.724. The minimum Gasteiger partial charge on any atom is -0.484 e. The number of carbonyl (C=O) groups excluding carboxylic acids is 2. The third-order valence-corrected chi connectivity index (χ3v) is 10.3. The molecule has 210 valence electrons. The van der Waals surface area contributed by atoms with Crippen LogP contribution in [0, 0.1) is 23.7 Å². The molecule has 1 aromatic rings. The van der Waals surface area contributed by atoms with Crippen molar-refractivity contribution in [3.8, 4) is 5.75 Å². The van der Waals surface area contributed by atoms with Crippen LogP contribution in [0.4, 0.5) is 0 Å². The third kappa shape index (κ3) is 6.43. The monoisotopic (exact) mass is 565 g/mol. The highest BCUT2D eigenvalue weighted by Crippen LogP contribution is 2.47. The van der Waals surface area contributed by atoms with Gasteiger partial charge in [0.25, 0.3) is 5.91 Å². The minimum absolute atomic E-state index is 0.0462. The number of fused-ring (bicyclic) bond motifs is 1. The number of carbonyl (C=O) groups is 2. The van der Waals surface area contributed by atoms with Gasteiger partial charge in [0.15, 0.2) is 6.61 Å². The Bertz CT molecular complexity index is 987.